The Hall–Kier alpha value is -2.41. The van der Waals surface area contributed by atoms with Crippen LogP contribution < -0.4 is 4.31 Å². The highest BCUT2D eigenvalue weighted by Crippen LogP contribution is 2.25. The summed E-state index contributed by atoms with van der Waals surface area (Å²) in [6.45, 7) is 0. The lowest BCUT2D eigenvalue weighted by Crippen LogP contribution is -2.27. The molecule has 0 fully saturated rings. The van der Waals surface area contributed by atoms with Gasteiger partial charge in [-0.3, -0.25) is 4.31 Å². The fourth-order valence-corrected chi connectivity index (χ4v) is 3.15. The number of methoxy groups -OCH3 is 1. The first kappa shape index (κ1) is 16.0. The molecule has 0 aromatic heterocycles. The fourth-order valence-electron chi connectivity index (χ4n) is 1.90. The Labute approximate surface area is 128 Å². The molecule has 22 heavy (non-hydrogen) atoms. The third-order valence-corrected chi connectivity index (χ3v) is 4.87. The highest BCUT2D eigenvalue weighted by Gasteiger charge is 2.24. The molecule has 0 saturated carbocycles. The van der Waals surface area contributed by atoms with Crippen LogP contribution in [0, 0.1) is 5.82 Å². The summed E-state index contributed by atoms with van der Waals surface area (Å²) in [6, 6.07) is 10.9. The predicted molar refractivity (Wildman–Crippen MR) is 79.8 cm³/mol. The van der Waals surface area contributed by atoms with Crippen molar-refractivity contribution in [1.29, 1.82) is 0 Å². The molecule has 0 radical (unpaired) electrons. The van der Waals surface area contributed by atoms with Crippen molar-refractivity contribution in [2.45, 2.75) is 4.90 Å². The molecule has 0 aliphatic heterocycles. The molecule has 0 saturated heterocycles. The maximum atomic E-state index is 13.8. The fraction of sp³-hybridized carbons (Fsp3) is 0.133. The Balaban J connectivity index is 2.47. The van der Waals surface area contributed by atoms with Gasteiger partial charge in [0.05, 0.1) is 23.3 Å². The number of benzene rings is 2. The Morgan fingerprint density at radius 1 is 1.14 bits per heavy atom. The van der Waals surface area contributed by atoms with E-state index in [0.717, 1.165) is 4.31 Å². The van der Waals surface area contributed by atoms with Crippen molar-refractivity contribution < 1.29 is 22.3 Å². The van der Waals surface area contributed by atoms with Crippen LogP contribution in [-0.2, 0) is 14.8 Å². The molecule has 0 spiro atoms. The van der Waals surface area contributed by atoms with E-state index in [-0.39, 0.29) is 16.1 Å². The molecular formula is C15H14FNO4S. The van der Waals surface area contributed by atoms with Gasteiger partial charge in [0, 0.05) is 7.05 Å². The molecule has 0 aliphatic rings. The average Bonchev–Trinajstić information content (AvgIpc) is 2.54. The normalized spacial score (nSPS) is 11.0. The van der Waals surface area contributed by atoms with E-state index in [1.807, 2.05) is 0 Å². The average molecular weight is 323 g/mol. The minimum Gasteiger partial charge on any atom is -0.465 e. The Morgan fingerprint density at radius 3 is 2.45 bits per heavy atom. The summed E-state index contributed by atoms with van der Waals surface area (Å²) in [6.07, 6.45) is 0. The maximum Gasteiger partial charge on any atom is 0.337 e. The van der Waals surface area contributed by atoms with Crippen molar-refractivity contribution in [2.24, 2.45) is 0 Å². The number of esters is 1. The van der Waals surface area contributed by atoms with Gasteiger partial charge in [-0.1, -0.05) is 18.2 Å². The SMILES string of the molecule is COC(=O)c1cccc(S(=O)(=O)N(C)c2ccccc2F)c1. The highest BCUT2D eigenvalue weighted by atomic mass is 32.2. The molecule has 2 rings (SSSR count). The monoisotopic (exact) mass is 323 g/mol. The van der Waals surface area contributed by atoms with Crippen LogP contribution in [0.1, 0.15) is 10.4 Å². The van der Waals surface area contributed by atoms with Gasteiger partial charge in [0.1, 0.15) is 5.82 Å². The predicted octanol–water partition coefficient (Wildman–Crippen LogP) is 2.44. The highest BCUT2D eigenvalue weighted by molar-refractivity contribution is 7.92. The van der Waals surface area contributed by atoms with Crippen LogP contribution in [-0.4, -0.2) is 28.5 Å². The second-order valence-corrected chi connectivity index (χ2v) is 6.41. The first-order valence-electron chi connectivity index (χ1n) is 6.30. The first-order chi connectivity index (χ1) is 10.4. The number of ether oxygens (including phenoxy) is 1. The van der Waals surface area contributed by atoms with Crippen LogP contribution in [0.15, 0.2) is 53.4 Å². The third kappa shape index (κ3) is 2.94. The van der Waals surface area contributed by atoms with E-state index in [2.05, 4.69) is 4.74 Å². The van der Waals surface area contributed by atoms with Gasteiger partial charge in [-0.25, -0.2) is 17.6 Å². The number of anilines is 1. The number of hydrogen-bond donors (Lipinski definition) is 0. The second-order valence-electron chi connectivity index (χ2n) is 4.44. The van der Waals surface area contributed by atoms with E-state index < -0.39 is 21.8 Å². The van der Waals surface area contributed by atoms with E-state index in [0.29, 0.717) is 0 Å². The molecular weight excluding hydrogens is 309 g/mol. The zero-order valence-corrected chi connectivity index (χ0v) is 12.8. The lowest BCUT2D eigenvalue weighted by Gasteiger charge is -2.20. The summed E-state index contributed by atoms with van der Waals surface area (Å²) in [4.78, 5) is 11.4. The summed E-state index contributed by atoms with van der Waals surface area (Å²) in [5.41, 5.74) is 0.0245. The molecule has 0 heterocycles. The van der Waals surface area contributed by atoms with Crippen molar-refractivity contribution >= 4 is 21.7 Å². The summed E-state index contributed by atoms with van der Waals surface area (Å²) >= 11 is 0. The van der Waals surface area contributed by atoms with Crippen molar-refractivity contribution in [3.8, 4) is 0 Å². The van der Waals surface area contributed by atoms with Gasteiger partial charge in [-0.2, -0.15) is 0 Å². The summed E-state index contributed by atoms with van der Waals surface area (Å²) in [7, 11) is -1.54. The third-order valence-electron chi connectivity index (χ3n) is 3.11. The van der Waals surface area contributed by atoms with Gasteiger partial charge in [-0.15, -0.1) is 0 Å². The molecule has 0 unspecified atom stereocenters. The molecule has 2 aromatic carbocycles. The van der Waals surface area contributed by atoms with Crippen LogP contribution in [0.5, 0.6) is 0 Å². The molecule has 2 aromatic rings. The van der Waals surface area contributed by atoms with Crippen LogP contribution in [0.25, 0.3) is 0 Å². The summed E-state index contributed by atoms with van der Waals surface area (Å²) in [5, 5.41) is 0. The quantitative estimate of drug-likeness (QED) is 0.811. The largest absolute Gasteiger partial charge is 0.465 e. The Bertz CT molecular complexity index is 805. The van der Waals surface area contributed by atoms with Gasteiger partial charge < -0.3 is 4.74 Å². The smallest absolute Gasteiger partial charge is 0.337 e. The van der Waals surface area contributed by atoms with Crippen LogP contribution in [0.3, 0.4) is 0 Å². The van der Waals surface area contributed by atoms with Crippen molar-refractivity contribution in [3.63, 3.8) is 0 Å². The van der Waals surface area contributed by atoms with E-state index in [1.54, 1.807) is 0 Å². The van der Waals surface area contributed by atoms with Crippen molar-refractivity contribution in [3.05, 3.63) is 59.9 Å². The molecule has 0 N–H and O–H groups in total. The molecule has 0 bridgehead atoms. The summed E-state index contributed by atoms with van der Waals surface area (Å²) in [5.74, 6) is -1.30. The van der Waals surface area contributed by atoms with Gasteiger partial charge >= 0.3 is 5.97 Å². The number of sulfonamides is 1. The second kappa shape index (κ2) is 6.15. The molecule has 0 atom stereocenters. The molecule has 116 valence electrons. The molecule has 0 aliphatic carbocycles. The number of nitrogens with zero attached hydrogens (tertiary/aromatic N) is 1. The number of carbonyl (C=O) groups excluding carboxylic acids is 1. The molecule has 5 nitrogen and oxygen atoms in total. The lowest BCUT2D eigenvalue weighted by atomic mass is 10.2. The van der Waals surface area contributed by atoms with Crippen molar-refractivity contribution in [1.82, 2.24) is 0 Å². The topological polar surface area (TPSA) is 63.7 Å². The zero-order valence-electron chi connectivity index (χ0n) is 12.0. The minimum absolute atomic E-state index is 0.0778. The maximum absolute atomic E-state index is 13.8. The van der Waals surface area contributed by atoms with Crippen LogP contribution in [0.2, 0.25) is 0 Å². The number of rotatable bonds is 4. The number of carbonyl (C=O) groups is 1. The van der Waals surface area contributed by atoms with Gasteiger partial charge in [-0.05, 0) is 30.3 Å². The zero-order chi connectivity index (χ0) is 16.3. The van der Waals surface area contributed by atoms with E-state index in [4.69, 9.17) is 0 Å². The van der Waals surface area contributed by atoms with Gasteiger partial charge in [0.2, 0.25) is 0 Å². The Kier molecular flexibility index (Phi) is 4.46. The standard InChI is InChI=1S/C15H14FNO4S/c1-17(14-9-4-3-8-13(14)16)22(19,20)12-7-5-6-11(10-12)15(18)21-2/h3-10H,1-2H3. The van der Waals surface area contributed by atoms with E-state index in [9.17, 15) is 17.6 Å². The lowest BCUT2D eigenvalue weighted by molar-refractivity contribution is 0.0600. The van der Waals surface area contributed by atoms with Crippen molar-refractivity contribution in [2.75, 3.05) is 18.5 Å². The number of para-hydroxylation sites is 1. The Morgan fingerprint density at radius 2 is 1.82 bits per heavy atom. The number of halogens is 1. The van der Waals surface area contributed by atoms with Gasteiger partial charge in [0.15, 0.2) is 0 Å². The van der Waals surface area contributed by atoms with E-state index in [1.165, 1.54) is 62.7 Å². The van der Waals surface area contributed by atoms with Gasteiger partial charge in [0.25, 0.3) is 10.0 Å². The van der Waals surface area contributed by atoms with E-state index >= 15 is 0 Å². The molecule has 7 heteroatoms. The first-order valence-corrected chi connectivity index (χ1v) is 7.74. The van der Waals surface area contributed by atoms with Crippen LogP contribution in [0.4, 0.5) is 10.1 Å². The van der Waals surface area contributed by atoms with Crippen LogP contribution >= 0.6 is 0 Å². The minimum atomic E-state index is -3.99. The summed E-state index contributed by atoms with van der Waals surface area (Å²) < 4.78 is 44.3. The molecule has 0 amide bonds. The number of hydrogen-bond acceptors (Lipinski definition) is 4.